The minimum absolute atomic E-state index is 0.0670. The van der Waals surface area contributed by atoms with Crippen molar-refractivity contribution >= 4 is 17.4 Å². The normalized spacial score (nSPS) is 20.3. The van der Waals surface area contributed by atoms with Gasteiger partial charge in [0.15, 0.2) is 0 Å². The second kappa shape index (κ2) is 10.9. The second-order valence-electron chi connectivity index (χ2n) is 8.60. The number of benzene rings is 2. The van der Waals surface area contributed by atoms with E-state index in [0.29, 0.717) is 55.5 Å². The van der Waals surface area contributed by atoms with Crippen LogP contribution in [0.4, 0.5) is 0 Å². The van der Waals surface area contributed by atoms with Crippen LogP contribution < -0.4 is 9.47 Å². The van der Waals surface area contributed by atoms with Gasteiger partial charge in [-0.15, -0.1) is 0 Å². The lowest BCUT2D eigenvalue weighted by Gasteiger charge is -2.31. The maximum atomic E-state index is 13.4. The van der Waals surface area contributed by atoms with Crippen molar-refractivity contribution in [2.75, 3.05) is 53.1 Å². The van der Waals surface area contributed by atoms with Crippen LogP contribution in [0.2, 0.25) is 0 Å². The van der Waals surface area contributed by atoms with E-state index in [2.05, 4.69) is 4.90 Å². The molecule has 0 aliphatic carbocycles. The summed E-state index contributed by atoms with van der Waals surface area (Å²) in [7, 11) is 1.57. The number of morpholine rings is 1. The Balaban J connectivity index is 1.80. The molecule has 186 valence electrons. The maximum absolute atomic E-state index is 13.4. The number of ketones is 1. The van der Waals surface area contributed by atoms with Gasteiger partial charge in [-0.3, -0.25) is 14.5 Å². The predicted molar refractivity (Wildman–Crippen MR) is 132 cm³/mol. The topological polar surface area (TPSA) is 88.5 Å². The number of aliphatic hydroxyl groups is 1. The summed E-state index contributed by atoms with van der Waals surface area (Å²) in [5.74, 6) is -0.300. The highest BCUT2D eigenvalue weighted by molar-refractivity contribution is 6.46. The molecule has 2 aliphatic heterocycles. The van der Waals surface area contributed by atoms with Crippen molar-refractivity contribution in [3.63, 3.8) is 0 Å². The molecule has 2 saturated heterocycles. The number of hydrogen-bond acceptors (Lipinski definition) is 7. The number of aliphatic hydroxyl groups excluding tert-OH is 1. The first-order valence-corrected chi connectivity index (χ1v) is 11.9. The maximum Gasteiger partial charge on any atom is 0.295 e. The standard InChI is InChI=1S/C27H32N2O6/c1-4-35-22-8-6-5-7-21(22)24-23(25(30)20-10-9-19(33-3)17-18(20)2)26(31)27(32)29(24)12-11-28-13-15-34-16-14-28/h5-10,17,24,30H,4,11-16H2,1-3H3/b25-23-. The van der Waals surface area contributed by atoms with Crippen LogP contribution in [0.15, 0.2) is 48.0 Å². The Kier molecular flexibility index (Phi) is 7.73. The average Bonchev–Trinajstić information content (AvgIpc) is 3.13. The summed E-state index contributed by atoms with van der Waals surface area (Å²) < 4.78 is 16.6. The van der Waals surface area contributed by atoms with Gasteiger partial charge in [0.2, 0.25) is 0 Å². The molecule has 0 spiro atoms. The quantitative estimate of drug-likeness (QED) is 0.353. The first-order valence-electron chi connectivity index (χ1n) is 11.9. The number of aryl methyl sites for hydroxylation is 1. The highest BCUT2D eigenvalue weighted by Crippen LogP contribution is 2.43. The molecule has 2 aromatic carbocycles. The highest BCUT2D eigenvalue weighted by atomic mass is 16.5. The van der Waals surface area contributed by atoms with Crippen molar-refractivity contribution in [1.82, 2.24) is 9.80 Å². The van der Waals surface area contributed by atoms with Gasteiger partial charge in [0, 0.05) is 37.3 Å². The summed E-state index contributed by atoms with van der Waals surface area (Å²) in [6, 6.07) is 11.8. The number of ether oxygens (including phenoxy) is 3. The minimum Gasteiger partial charge on any atom is -0.507 e. The molecule has 0 saturated carbocycles. The molecule has 35 heavy (non-hydrogen) atoms. The number of carbonyl (C=O) groups is 2. The Bertz CT molecular complexity index is 1120. The van der Waals surface area contributed by atoms with E-state index in [9.17, 15) is 14.7 Å². The van der Waals surface area contributed by atoms with Crippen molar-refractivity contribution in [3.05, 3.63) is 64.7 Å². The van der Waals surface area contributed by atoms with Crippen LogP contribution in [0.25, 0.3) is 5.76 Å². The molecular weight excluding hydrogens is 448 g/mol. The number of rotatable bonds is 8. The third kappa shape index (κ3) is 5.04. The second-order valence-corrected chi connectivity index (χ2v) is 8.60. The van der Waals surface area contributed by atoms with Gasteiger partial charge in [0.1, 0.15) is 17.3 Å². The number of likely N-dealkylation sites (tertiary alicyclic amines) is 1. The monoisotopic (exact) mass is 480 g/mol. The van der Waals surface area contributed by atoms with Gasteiger partial charge in [-0.05, 0) is 43.7 Å². The molecule has 8 heteroatoms. The van der Waals surface area contributed by atoms with Crippen LogP contribution in [-0.2, 0) is 14.3 Å². The third-order valence-corrected chi connectivity index (χ3v) is 6.50. The van der Waals surface area contributed by atoms with E-state index < -0.39 is 17.7 Å². The summed E-state index contributed by atoms with van der Waals surface area (Å²) in [5.41, 5.74) is 1.95. The highest BCUT2D eigenvalue weighted by Gasteiger charge is 2.47. The summed E-state index contributed by atoms with van der Waals surface area (Å²) in [4.78, 5) is 30.4. The zero-order valence-electron chi connectivity index (χ0n) is 20.5. The van der Waals surface area contributed by atoms with Gasteiger partial charge in [0.25, 0.3) is 11.7 Å². The Morgan fingerprint density at radius 2 is 1.86 bits per heavy atom. The van der Waals surface area contributed by atoms with E-state index in [1.54, 1.807) is 30.2 Å². The molecule has 2 fully saturated rings. The van der Waals surface area contributed by atoms with Crippen molar-refractivity contribution in [3.8, 4) is 11.5 Å². The van der Waals surface area contributed by atoms with E-state index in [0.717, 1.165) is 18.7 Å². The van der Waals surface area contributed by atoms with Crippen LogP contribution in [-0.4, -0.2) is 79.7 Å². The number of hydrogen-bond donors (Lipinski definition) is 1. The summed E-state index contributed by atoms with van der Waals surface area (Å²) in [5, 5.41) is 11.4. The Morgan fingerprint density at radius 3 is 2.54 bits per heavy atom. The van der Waals surface area contributed by atoms with Crippen molar-refractivity contribution in [2.45, 2.75) is 19.9 Å². The van der Waals surface area contributed by atoms with E-state index >= 15 is 0 Å². The zero-order valence-corrected chi connectivity index (χ0v) is 20.5. The number of para-hydroxylation sites is 1. The lowest BCUT2D eigenvalue weighted by molar-refractivity contribution is -0.140. The third-order valence-electron chi connectivity index (χ3n) is 6.50. The molecule has 1 unspecified atom stereocenters. The van der Waals surface area contributed by atoms with E-state index in [1.807, 2.05) is 38.1 Å². The van der Waals surface area contributed by atoms with Gasteiger partial charge in [-0.25, -0.2) is 0 Å². The SMILES string of the molecule is CCOc1ccccc1C1/C(=C(/O)c2ccc(OC)cc2C)C(=O)C(=O)N1CCN1CCOCC1. The fourth-order valence-corrected chi connectivity index (χ4v) is 4.68. The molecule has 2 aromatic rings. The predicted octanol–water partition coefficient (Wildman–Crippen LogP) is 3.16. The fraction of sp³-hybridized carbons (Fsp3) is 0.407. The molecule has 4 rings (SSSR count). The summed E-state index contributed by atoms with van der Waals surface area (Å²) in [6.07, 6.45) is 0. The number of nitrogens with zero attached hydrogens (tertiary/aromatic N) is 2. The van der Waals surface area contributed by atoms with Gasteiger partial charge >= 0.3 is 0 Å². The van der Waals surface area contributed by atoms with Gasteiger partial charge in [-0.1, -0.05) is 18.2 Å². The molecular formula is C27H32N2O6. The molecule has 1 atom stereocenters. The minimum atomic E-state index is -0.764. The van der Waals surface area contributed by atoms with Crippen molar-refractivity contribution in [1.29, 1.82) is 0 Å². The number of amides is 1. The van der Waals surface area contributed by atoms with Crippen LogP contribution in [0.1, 0.15) is 29.7 Å². The van der Waals surface area contributed by atoms with Crippen molar-refractivity contribution < 1.29 is 28.9 Å². The largest absolute Gasteiger partial charge is 0.507 e. The van der Waals surface area contributed by atoms with E-state index in [-0.39, 0.29) is 11.3 Å². The zero-order chi connectivity index (χ0) is 24.9. The van der Waals surface area contributed by atoms with Gasteiger partial charge in [-0.2, -0.15) is 0 Å². The fourth-order valence-electron chi connectivity index (χ4n) is 4.68. The van der Waals surface area contributed by atoms with Gasteiger partial charge < -0.3 is 24.2 Å². The number of Topliss-reactive ketones (excluding diaryl/α,β-unsaturated/α-hetero) is 1. The molecule has 0 aromatic heterocycles. The first-order chi connectivity index (χ1) is 17.0. The number of methoxy groups -OCH3 is 1. The van der Waals surface area contributed by atoms with Crippen LogP contribution in [0.5, 0.6) is 11.5 Å². The smallest absolute Gasteiger partial charge is 0.295 e. The molecule has 0 bridgehead atoms. The van der Waals surface area contributed by atoms with Crippen LogP contribution in [0.3, 0.4) is 0 Å². The van der Waals surface area contributed by atoms with Crippen LogP contribution >= 0.6 is 0 Å². The summed E-state index contributed by atoms with van der Waals surface area (Å²) in [6.45, 7) is 7.92. The Hall–Kier alpha value is -3.36. The lowest BCUT2D eigenvalue weighted by Crippen LogP contribution is -2.42. The molecule has 2 aliphatic rings. The van der Waals surface area contributed by atoms with Crippen LogP contribution in [0, 0.1) is 6.92 Å². The molecule has 2 heterocycles. The van der Waals surface area contributed by atoms with E-state index in [4.69, 9.17) is 14.2 Å². The molecule has 8 nitrogen and oxygen atoms in total. The number of carbonyl (C=O) groups excluding carboxylic acids is 2. The summed E-state index contributed by atoms with van der Waals surface area (Å²) >= 11 is 0. The Labute approximate surface area is 205 Å². The lowest BCUT2D eigenvalue weighted by atomic mass is 9.93. The molecule has 1 N–H and O–H groups in total. The average molecular weight is 481 g/mol. The van der Waals surface area contributed by atoms with Crippen molar-refractivity contribution in [2.24, 2.45) is 0 Å². The van der Waals surface area contributed by atoms with Gasteiger partial charge in [0.05, 0.1) is 38.5 Å². The van der Waals surface area contributed by atoms with E-state index in [1.165, 1.54) is 0 Å². The molecule has 1 amide bonds. The Morgan fingerprint density at radius 1 is 1.11 bits per heavy atom. The molecule has 0 radical (unpaired) electrons. The first kappa shape index (κ1) is 24.8.